The number of nitrogens with one attached hydrogen (secondary N) is 1. The van der Waals surface area contributed by atoms with Crippen molar-refractivity contribution in [1.29, 1.82) is 0 Å². The first-order chi connectivity index (χ1) is 14.2. The molecular weight excluding hydrogens is 468 g/mol. The zero-order chi connectivity index (χ0) is 21.9. The third-order valence-electron chi connectivity index (χ3n) is 4.48. The van der Waals surface area contributed by atoms with Crippen LogP contribution in [0.15, 0.2) is 70.3 Å². The van der Waals surface area contributed by atoms with Gasteiger partial charge in [0.15, 0.2) is 0 Å². The van der Waals surface area contributed by atoms with E-state index in [4.69, 9.17) is 0 Å². The van der Waals surface area contributed by atoms with Crippen molar-refractivity contribution in [2.45, 2.75) is 31.3 Å². The molecule has 0 aliphatic rings. The first kappa shape index (κ1) is 22.0. The van der Waals surface area contributed by atoms with Crippen molar-refractivity contribution >= 4 is 37.5 Å². The number of anilines is 1. The summed E-state index contributed by atoms with van der Waals surface area (Å²) in [5.41, 5.74) is 1.66. The van der Waals surface area contributed by atoms with Crippen molar-refractivity contribution in [3.05, 3.63) is 76.5 Å². The van der Waals surface area contributed by atoms with E-state index in [0.717, 1.165) is 10.0 Å². The molecule has 0 aliphatic heterocycles. The predicted octanol–water partition coefficient (Wildman–Crippen LogP) is 4.03. The lowest BCUT2D eigenvalue weighted by molar-refractivity contribution is 0.0690. The Morgan fingerprint density at radius 1 is 1.20 bits per heavy atom. The summed E-state index contributed by atoms with van der Waals surface area (Å²) in [6.07, 6.45) is 3.59. The number of hydrogen-bond donors (Lipinski definition) is 1. The third-order valence-corrected chi connectivity index (χ3v) is 6.41. The smallest absolute Gasteiger partial charge is 0.261 e. The number of nitrogens with zero attached hydrogens (tertiary/aromatic N) is 3. The minimum atomic E-state index is -3.76. The van der Waals surface area contributed by atoms with E-state index in [9.17, 15) is 13.2 Å². The molecule has 9 heteroatoms. The number of sulfonamides is 1. The summed E-state index contributed by atoms with van der Waals surface area (Å²) < 4.78 is 30.3. The lowest BCUT2D eigenvalue weighted by atomic mass is 10.1. The van der Waals surface area contributed by atoms with Crippen LogP contribution in [0.5, 0.6) is 0 Å². The molecule has 0 saturated heterocycles. The highest BCUT2D eigenvalue weighted by molar-refractivity contribution is 9.10. The third kappa shape index (κ3) is 5.28. The van der Waals surface area contributed by atoms with Gasteiger partial charge in [0.05, 0.1) is 11.1 Å². The largest absolute Gasteiger partial charge is 0.332 e. The van der Waals surface area contributed by atoms with Gasteiger partial charge in [0.1, 0.15) is 0 Å². The molecule has 158 valence electrons. The molecule has 1 aromatic heterocycles. The van der Waals surface area contributed by atoms with E-state index in [1.54, 1.807) is 52.2 Å². The van der Waals surface area contributed by atoms with Crippen molar-refractivity contribution in [1.82, 2.24) is 14.7 Å². The van der Waals surface area contributed by atoms with Crippen molar-refractivity contribution in [2.75, 3.05) is 4.72 Å². The maximum absolute atomic E-state index is 13.1. The van der Waals surface area contributed by atoms with E-state index in [2.05, 4.69) is 25.8 Å². The number of amides is 1. The van der Waals surface area contributed by atoms with Crippen LogP contribution >= 0.6 is 15.9 Å². The molecular formula is C21H23BrN4O3S. The highest BCUT2D eigenvalue weighted by atomic mass is 79.9. The van der Waals surface area contributed by atoms with Crippen LogP contribution in [0.2, 0.25) is 0 Å². The number of hydrogen-bond acceptors (Lipinski definition) is 4. The summed E-state index contributed by atoms with van der Waals surface area (Å²) in [6.45, 7) is 4.29. The van der Waals surface area contributed by atoms with Crippen LogP contribution < -0.4 is 4.72 Å². The van der Waals surface area contributed by atoms with Crippen LogP contribution in [0.1, 0.15) is 29.8 Å². The highest BCUT2D eigenvalue weighted by Crippen LogP contribution is 2.21. The number of benzene rings is 2. The Kier molecular flexibility index (Phi) is 6.62. The molecule has 0 saturated carbocycles. The molecule has 0 bridgehead atoms. The Bertz CT molecular complexity index is 1140. The summed E-state index contributed by atoms with van der Waals surface area (Å²) in [6, 6.07) is 12.8. The van der Waals surface area contributed by atoms with Crippen molar-refractivity contribution in [3.63, 3.8) is 0 Å². The van der Waals surface area contributed by atoms with E-state index < -0.39 is 10.0 Å². The van der Waals surface area contributed by atoms with Crippen LogP contribution in [0.4, 0.5) is 5.69 Å². The van der Waals surface area contributed by atoms with E-state index in [1.807, 2.05) is 27.1 Å². The van der Waals surface area contributed by atoms with Crippen LogP contribution in [-0.2, 0) is 23.6 Å². The number of aryl methyl sites for hydroxylation is 1. The summed E-state index contributed by atoms with van der Waals surface area (Å²) in [7, 11) is -1.94. The molecule has 1 amide bonds. The van der Waals surface area contributed by atoms with E-state index in [1.165, 1.54) is 12.1 Å². The normalized spacial score (nSPS) is 11.5. The summed E-state index contributed by atoms with van der Waals surface area (Å²) in [4.78, 5) is 15.0. The topological polar surface area (TPSA) is 84.3 Å². The van der Waals surface area contributed by atoms with Gasteiger partial charge >= 0.3 is 0 Å². The summed E-state index contributed by atoms with van der Waals surface area (Å²) in [5.74, 6) is -0.182. The molecule has 1 N–H and O–H groups in total. The molecule has 0 aliphatic carbocycles. The summed E-state index contributed by atoms with van der Waals surface area (Å²) in [5, 5.41) is 4.15. The zero-order valence-electron chi connectivity index (χ0n) is 16.9. The number of aromatic nitrogens is 2. The van der Waals surface area contributed by atoms with Gasteiger partial charge in [-0.1, -0.05) is 22.0 Å². The lowest BCUT2D eigenvalue weighted by Crippen LogP contribution is -2.36. The lowest BCUT2D eigenvalue weighted by Gasteiger charge is -2.26. The van der Waals surface area contributed by atoms with Gasteiger partial charge in [-0.2, -0.15) is 5.10 Å². The van der Waals surface area contributed by atoms with Gasteiger partial charge in [-0.3, -0.25) is 14.2 Å². The fraction of sp³-hybridized carbons (Fsp3) is 0.238. The van der Waals surface area contributed by atoms with Crippen LogP contribution in [-0.4, -0.2) is 35.0 Å². The molecule has 2 aromatic carbocycles. The van der Waals surface area contributed by atoms with Gasteiger partial charge in [-0.15, -0.1) is 0 Å². The standard InChI is InChI=1S/C21H23BrN4O3S/c1-15(2)26(14-16-12-23-25(3)13-16)21(27)17-5-4-6-19(11-17)24-30(28,29)20-9-7-18(22)8-10-20/h4-13,15,24H,14H2,1-3H3. The Morgan fingerprint density at radius 2 is 1.90 bits per heavy atom. The van der Waals surface area contributed by atoms with E-state index >= 15 is 0 Å². The maximum Gasteiger partial charge on any atom is 0.261 e. The van der Waals surface area contributed by atoms with Gasteiger partial charge in [-0.25, -0.2) is 8.42 Å². The van der Waals surface area contributed by atoms with Crippen LogP contribution in [0.3, 0.4) is 0 Å². The average molecular weight is 491 g/mol. The summed E-state index contributed by atoms with van der Waals surface area (Å²) >= 11 is 3.29. The zero-order valence-corrected chi connectivity index (χ0v) is 19.3. The quantitative estimate of drug-likeness (QED) is 0.541. The Labute approximate surface area is 184 Å². The van der Waals surface area contributed by atoms with E-state index in [-0.39, 0.29) is 16.8 Å². The van der Waals surface area contributed by atoms with Crippen molar-refractivity contribution in [3.8, 4) is 0 Å². The molecule has 7 nitrogen and oxygen atoms in total. The molecule has 0 fully saturated rings. The second-order valence-electron chi connectivity index (χ2n) is 7.19. The Hall–Kier alpha value is -2.65. The van der Waals surface area contributed by atoms with Gasteiger partial charge in [0.25, 0.3) is 15.9 Å². The van der Waals surface area contributed by atoms with Gasteiger partial charge in [0, 0.05) is 47.1 Å². The molecule has 30 heavy (non-hydrogen) atoms. The molecule has 0 atom stereocenters. The predicted molar refractivity (Wildman–Crippen MR) is 120 cm³/mol. The molecule has 0 unspecified atom stereocenters. The maximum atomic E-state index is 13.1. The van der Waals surface area contributed by atoms with Crippen molar-refractivity contribution in [2.24, 2.45) is 7.05 Å². The van der Waals surface area contributed by atoms with Gasteiger partial charge in [-0.05, 0) is 56.3 Å². The SMILES string of the molecule is CC(C)N(Cc1cnn(C)c1)C(=O)c1cccc(NS(=O)(=O)c2ccc(Br)cc2)c1. The Balaban J connectivity index is 1.82. The minimum absolute atomic E-state index is 0.0409. The first-order valence-corrected chi connectivity index (χ1v) is 11.6. The molecule has 0 radical (unpaired) electrons. The molecule has 1 heterocycles. The van der Waals surface area contributed by atoms with Gasteiger partial charge in [0.2, 0.25) is 0 Å². The van der Waals surface area contributed by atoms with Crippen molar-refractivity contribution < 1.29 is 13.2 Å². The highest BCUT2D eigenvalue weighted by Gasteiger charge is 2.21. The van der Waals surface area contributed by atoms with E-state index in [0.29, 0.717) is 17.8 Å². The first-order valence-electron chi connectivity index (χ1n) is 9.32. The number of carbonyl (C=O) groups excluding carboxylic acids is 1. The van der Waals surface area contributed by atoms with Crippen LogP contribution in [0, 0.1) is 0 Å². The van der Waals surface area contributed by atoms with Crippen LogP contribution in [0.25, 0.3) is 0 Å². The van der Waals surface area contributed by atoms with Gasteiger partial charge < -0.3 is 4.90 Å². The number of carbonyl (C=O) groups is 1. The molecule has 3 aromatic rings. The number of halogens is 1. The molecule has 0 spiro atoms. The fourth-order valence-corrected chi connectivity index (χ4v) is 4.26. The molecule has 3 rings (SSSR count). The second-order valence-corrected chi connectivity index (χ2v) is 9.79. The Morgan fingerprint density at radius 3 is 2.50 bits per heavy atom. The fourth-order valence-electron chi connectivity index (χ4n) is 2.95. The monoisotopic (exact) mass is 490 g/mol. The minimum Gasteiger partial charge on any atom is -0.332 e. The second kappa shape index (κ2) is 9.01. The number of rotatable bonds is 7. The average Bonchev–Trinajstić information content (AvgIpc) is 3.10.